The Morgan fingerprint density at radius 3 is 2.79 bits per heavy atom. The molecular formula is C25H33N7O. The molecule has 5 heterocycles. The van der Waals surface area contributed by atoms with E-state index in [1.807, 2.05) is 11.6 Å². The molecule has 2 fully saturated rings. The lowest BCUT2D eigenvalue weighted by Gasteiger charge is -2.48. The smallest absolute Gasteiger partial charge is 0.178 e. The summed E-state index contributed by atoms with van der Waals surface area (Å²) in [7, 11) is 0. The largest absolute Gasteiger partial charge is 0.491 e. The molecular weight excluding hydrogens is 414 g/mol. The molecule has 8 nitrogen and oxygen atoms in total. The standard InChI is InChI=1S/C25H33N7O/c1-16(2)32-25(27-17(3)29-32)21-15-30-11-12-33-23-13-19(6-7-20(23)24(30)28-21)31-10-8-22(31)18-5-4-9-26-14-18/h6-7,13,15-16,18,22,26H,4-5,8-12,14H2,1-3H3/t18?,22-/m1/s1. The fourth-order valence-electron chi connectivity index (χ4n) is 5.55. The van der Waals surface area contributed by atoms with Gasteiger partial charge in [0.15, 0.2) is 5.82 Å². The molecule has 2 aromatic heterocycles. The maximum absolute atomic E-state index is 6.21. The van der Waals surface area contributed by atoms with Gasteiger partial charge in [-0.1, -0.05) is 0 Å². The van der Waals surface area contributed by atoms with Gasteiger partial charge in [-0.3, -0.25) is 0 Å². The Kier molecular flexibility index (Phi) is 5.13. The molecule has 0 spiro atoms. The molecule has 1 unspecified atom stereocenters. The molecule has 2 saturated heterocycles. The third-order valence-electron chi connectivity index (χ3n) is 7.30. The number of nitrogens with one attached hydrogen (secondary N) is 1. The van der Waals surface area contributed by atoms with E-state index in [1.54, 1.807) is 0 Å². The molecule has 8 heteroatoms. The summed E-state index contributed by atoms with van der Waals surface area (Å²) in [5.41, 5.74) is 3.18. The van der Waals surface area contributed by atoms with Crippen LogP contribution in [-0.2, 0) is 6.54 Å². The number of nitrogens with zero attached hydrogens (tertiary/aromatic N) is 6. The van der Waals surface area contributed by atoms with Gasteiger partial charge in [0.1, 0.15) is 29.7 Å². The van der Waals surface area contributed by atoms with Crippen molar-refractivity contribution in [2.45, 2.75) is 58.7 Å². The molecule has 0 bridgehead atoms. The summed E-state index contributed by atoms with van der Waals surface area (Å²) < 4.78 is 10.4. The Bertz CT molecular complexity index is 1160. The number of piperidine rings is 1. The molecule has 3 aliphatic heterocycles. The molecule has 0 amide bonds. The number of hydrogen-bond acceptors (Lipinski definition) is 6. The highest BCUT2D eigenvalue weighted by atomic mass is 16.5. The molecule has 6 rings (SSSR count). The first kappa shape index (κ1) is 20.7. The van der Waals surface area contributed by atoms with Crippen LogP contribution in [0.5, 0.6) is 5.75 Å². The van der Waals surface area contributed by atoms with Gasteiger partial charge in [0, 0.05) is 36.6 Å². The van der Waals surface area contributed by atoms with Crippen LogP contribution in [0.3, 0.4) is 0 Å². The first-order valence-corrected chi connectivity index (χ1v) is 12.3. The number of benzene rings is 1. The van der Waals surface area contributed by atoms with Crippen LogP contribution in [0.4, 0.5) is 5.69 Å². The minimum absolute atomic E-state index is 0.227. The van der Waals surface area contributed by atoms with Crippen molar-refractivity contribution in [1.29, 1.82) is 0 Å². The van der Waals surface area contributed by atoms with Crippen LogP contribution >= 0.6 is 0 Å². The number of aryl methyl sites for hydroxylation is 1. The molecule has 33 heavy (non-hydrogen) atoms. The van der Waals surface area contributed by atoms with Gasteiger partial charge in [-0.25, -0.2) is 14.6 Å². The average Bonchev–Trinajstić information content (AvgIpc) is 3.33. The SMILES string of the molecule is Cc1nc(-c2cn3c(n2)-c2ccc(N4CC[C@@H]4C4CCCNC4)cc2OCC3)n(C(C)C)n1. The van der Waals surface area contributed by atoms with Crippen LogP contribution in [0.15, 0.2) is 24.4 Å². The Morgan fingerprint density at radius 2 is 2.03 bits per heavy atom. The van der Waals surface area contributed by atoms with E-state index < -0.39 is 0 Å². The number of imidazole rings is 1. The zero-order valence-electron chi connectivity index (χ0n) is 19.8. The first-order valence-electron chi connectivity index (χ1n) is 12.3. The van der Waals surface area contributed by atoms with E-state index in [1.165, 1.54) is 24.9 Å². The van der Waals surface area contributed by atoms with E-state index in [0.717, 1.165) is 66.6 Å². The summed E-state index contributed by atoms with van der Waals surface area (Å²) in [6, 6.07) is 7.52. The molecule has 1 aromatic carbocycles. The summed E-state index contributed by atoms with van der Waals surface area (Å²) in [5, 5.41) is 8.15. The molecule has 1 N–H and O–H groups in total. The van der Waals surface area contributed by atoms with Gasteiger partial charge >= 0.3 is 0 Å². The van der Waals surface area contributed by atoms with E-state index in [-0.39, 0.29) is 6.04 Å². The van der Waals surface area contributed by atoms with Crippen molar-refractivity contribution in [3.63, 3.8) is 0 Å². The lowest BCUT2D eigenvalue weighted by molar-refractivity contribution is 0.258. The van der Waals surface area contributed by atoms with Crippen LogP contribution in [0.2, 0.25) is 0 Å². The highest BCUT2D eigenvalue weighted by Crippen LogP contribution is 2.40. The quantitative estimate of drug-likeness (QED) is 0.658. The van der Waals surface area contributed by atoms with Gasteiger partial charge in [-0.05, 0) is 71.2 Å². The Balaban J connectivity index is 1.32. The third-order valence-corrected chi connectivity index (χ3v) is 7.30. The number of rotatable bonds is 4. The third kappa shape index (κ3) is 3.60. The summed E-state index contributed by atoms with van der Waals surface area (Å²) >= 11 is 0. The van der Waals surface area contributed by atoms with Crippen molar-refractivity contribution < 1.29 is 4.74 Å². The second-order valence-electron chi connectivity index (χ2n) is 9.85. The fraction of sp³-hybridized carbons (Fsp3) is 0.560. The van der Waals surface area contributed by atoms with E-state index in [4.69, 9.17) is 9.72 Å². The average molecular weight is 448 g/mol. The zero-order valence-corrected chi connectivity index (χ0v) is 19.8. The maximum Gasteiger partial charge on any atom is 0.178 e. The second kappa shape index (κ2) is 8.17. The minimum Gasteiger partial charge on any atom is -0.491 e. The van der Waals surface area contributed by atoms with Crippen molar-refractivity contribution in [2.75, 3.05) is 31.1 Å². The highest BCUT2D eigenvalue weighted by molar-refractivity contribution is 5.72. The van der Waals surface area contributed by atoms with Gasteiger partial charge in [-0.15, -0.1) is 0 Å². The van der Waals surface area contributed by atoms with E-state index in [9.17, 15) is 0 Å². The minimum atomic E-state index is 0.227. The topological polar surface area (TPSA) is 73.0 Å². The van der Waals surface area contributed by atoms with Crippen LogP contribution in [0.1, 0.15) is 45.0 Å². The normalized spacial score (nSPS) is 22.4. The van der Waals surface area contributed by atoms with Gasteiger partial charge in [0.2, 0.25) is 0 Å². The number of fused-ring (bicyclic) bond motifs is 3. The second-order valence-corrected chi connectivity index (χ2v) is 9.85. The first-order chi connectivity index (χ1) is 16.1. The van der Waals surface area contributed by atoms with Crippen LogP contribution in [0, 0.1) is 12.8 Å². The van der Waals surface area contributed by atoms with E-state index >= 15 is 0 Å². The number of aromatic nitrogens is 5. The number of ether oxygens (including phenoxy) is 1. The summed E-state index contributed by atoms with van der Waals surface area (Å²) in [4.78, 5) is 12.2. The van der Waals surface area contributed by atoms with Gasteiger partial charge in [-0.2, -0.15) is 5.10 Å². The molecule has 174 valence electrons. The lowest BCUT2D eigenvalue weighted by Crippen LogP contribution is -2.55. The Labute approximate surface area is 195 Å². The van der Waals surface area contributed by atoms with Crippen LogP contribution < -0.4 is 15.0 Å². The summed E-state index contributed by atoms with van der Waals surface area (Å²) in [6.07, 6.45) is 5.99. The van der Waals surface area contributed by atoms with Crippen molar-refractivity contribution in [1.82, 2.24) is 29.6 Å². The fourth-order valence-corrected chi connectivity index (χ4v) is 5.55. The zero-order chi connectivity index (χ0) is 22.5. The van der Waals surface area contributed by atoms with Crippen LogP contribution in [0.25, 0.3) is 22.9 Å². The number of anilines is 1. The van der Waals surface area contributed by atoms with Crippen molar-refractivity contribution in [3.05, 3.63) is 30.2 Å². The van der Waals surface area contributed by atoms with Crippen molar-refractivity contribution in [3.8, 4) is 28.7 Å². The molecule has 3 aromatic rings. The highest BCUT2D eigenvalue weighted by Gasteiger charge is 2.36. The van der Waals surface area contributed by atoms with E-state index in [2.05, 4.69) is 63.1 Å². The Morgan fingerprint density at radius 1 is 1.12 bits per heavy atom. The maximum atomic E-state index is 6.21. The monoisotopic (exact) mass is 447 g/mol. The molecule has 0 radical (unpaired) electrons. The van der Waals surface area contributed by atoms with E-state index in [0.29, 0.717) is 12.6 Å². The predicted octanol–water partition coefficient (Wildman–Crippen LogP) is 3.67. The molecule has 2 atom stereocenters. The predicted molar refractivity (Wildman–Crippen MR) is 129 cm³/mol. The lowest BCUT2D eigenvalue weighted by atomic mass is 9.83. The molecule has 0 saturated carbocycles. The molecule has 3 aliphatic rings. The van der Waals surface area contributed by atoms with Gasteiger partial charge in [0.25, 0.3) is 0 Å². The summed E-state index contributed by atoms with van der Waals surface area (Å²) in [5.74, 6) is 4.21. The van der Waals surface area contributed by atoms with Gasteiger partial charge < -0.3 is 19.5 Å². The Hall–Kier alpha value is -2.87. The summed E-state index contributed by atoms with van der Waals surface area (Å²) in [6.45, 7) is 11.0. The van der Waals surface area contributed by atoms with Gasteiger partial charge in [0.05, 0.1) is 12.1 Å². The van der Waals surface area contributed by atoms with Crippen molar-refractivity contribution in [2.24, 2.45) is 5.92 Å². The van der Waals surface area contributed by atoms with Crippen LogP contribution in [-0.4, -0.2) is 56.6 Å². The van der Waals surface area contributed by atoms with Crippen molar-refractivity contribution >= 4 is 5.69 Å². The number of hydrogen-bond donors (Lipinski definition) is 1. The molecule has 0 aliphatic carbocycles.